The second kappa shape index (κ2) is 7.74. The molecule has 7 heteroatoms. The number of likely N-dealkylation sites (tertiary alicyclic amines) is 1. The molecule has 0 N–H and O–H groups in total. The van der Waals surface area contributed by atoms with E-state index in [1.54, 1.807) is 0 Å². The zero-order valence-electron chi connectivity index (χ0n) is 11.9. The normalized spacial score (nSPS) is 16.5. The van der Waals surface area contributed by atoms with Gasteiger partial charge in [-0.1, -0.05) is 0 Å². The Morgan fingerprint density at radius 2 is 1.37 bits per heavy atom. The van der Waals surface area contributed by atoms with Gasteiger partial charge in [0.1, 0.15) is 0 Å². The summed E-state index contributed by atoms with van der Waals surface area (Å²) in [5.41, 5.74) is 0. The third kappa shape index (κ3) is 4.38. The van der Waals surface area contributed by atoms with Crippen LogP contribution in [0.4, 0.5) is 0 Å². The van der Waals surface area contributed by atoms with Gasteiger partial charge in [0.2, 0.25) is 11.8 Å². The lowest BCUT2D eigenvalue weighted by atomic mass is 10.4. The van der Waals surface area contributed by atoms with Crippen molar-refractivity contribution < 1.29 is 22.9 Å². The fourth-order valence-electron chi connectivity index (χ4n) is 2.12. The van der Waals surface area contributed by atoms with Crippen LogP contribution in [0.3, 0.4) is 0 Å². The monoisotopic (exact) mass is 289 g/mol. The van der Waals surface area contributed by atoms with E-state index in [0.29, 0.717) is 45.3 Å². The van der Waals surface area contributed by atoms with Crippen molar-refractivity contribution in [3.05, 3.63) is 0 Å². The molecule has 1 aliphatic heterocycles. The van der Waals surface area contributed by atoms with Crippen LogP contribution in [0.25, 0.3) is 0 Å². The molecule has 1 aliphatic rings. The zero-order valence-corrected chi connectivity index (χ0v) is 12.9. The third-order valence-corrected chi connectivity index (χ3v) is 5.91. The SMILES string of the molecule is CCO[Si](CCN1C(=O)CCC1=O)(OCC)OCC. The average molecular weight is 289 g/mol. The Labute approximate surface area is 115 Å². The van der Waals surface area contributed by atoms with Crippen LogP contribution < -0.4 is 0 Å². The van der Waals surface area contributed by atoms with E-state index in [2.05, 4.69) is 0 Å². The Morgan fingerprint density at radius 3 is 1.74 bits per heavy atom. The van der Waals surface area contributed by atoms with Crippen molar-refractivity contribution in [2.45, 2.75) is 39.7 Å². The first-order valence-electron chi connectivity index (χ1n) is 6.83. The summed E-state index contributed by atoms with van der Waals surface area (Å²) in [5.74, 6) is -0.227. The van der Waals surface area contributed by atoms with Crippen molar-refractivity contribution in [2.24, 2.45) is 0 Å². The molecule has 0 aromatic carbocycles. The molecule has 0 spiro atoms. The minimum Gasteiger partial charge on any atom is -0.374 e. The Balaban J connectivity index is 2.65. The number of carbonyl (C=O) groups is 2. The third-order valence-electron chi connectivity index (χ3n) is 2.89. The van der Waals surface area contributed by atoms with Gasteiger partial charge in [-0.25, -0.2) is 0 Å². The fourth-order valence-corrected chi connectivity index (χ4v) is 4.62. The topological polar surface area (TPSA) is 65.1 Å². The maximum Gasteiger partial charge on any atom is 0.502 e. The first kappa shape index (κ1) is 16.3. The molecule has 1 heterocycles. The molecule has 19 heavy (non-hydrogen) atoms. The summed E-state index contributed by atoms with van der Waals surface area (Å²) in [5, 5.41) is 0. The predicted octanol–water partition coefficient (Wildman–Crippen LogP) is 1.18. The highest BCUT2D eigenvalue weighted by atomic mass is 28.4. The van der Waals surface area contributed by atoms with E-state index < -0.39 is 8.80 Å². The van der Waals surface area contributed by atoms with E-state index in [1.807, 2.05) is 20.8 Å². The molecule has 0 aromatic heterocycles. The molecule has 0 aliphatic carbocycles. The largest absolute Gasteiger partial charge is 0.502 e. The van der Waals surface area contributed by atoms with Crippen molar-refractivity contribution in [1.29, 1.82) is 0 Å². The van der Waals surface area contributed by atoms with E-state index in [4.69, 9.17) is 13.3 Å². The maximum atomic E-state index is 11.6. The number of imide groups is 1. The van der Waals surface area contributed by atoms with Crippen molar-refractivity contribution in [1.82, 2.24) is 4.90 Å². The molecule has 1 fully saturated rings. The van der Waals surface area contributed by atoms with Gasteiger partial charge in [-0.2, -0.15) is 0 Å². The van der Waals surface area contributed by atoms with Gasteiger partial charge in [0, 0.05) is 45.3 Å². The van der Waals surface area contributed by atoms with E-state index in [9.17, 15) is 9.59 Å². The van der Waals surface area contributed by atoms with Gasteiger partial charge in [0.15, 0.2) is 0 Å². The van der Waals surface area contributed by atoms with Crippen molar-refractivity contribution in [3.63, 3.8) is 0 Å². The molecule has 0 radical (unpaired) electrons. The standard InChI is InChI=1S/C12H23NO5Si/c1-4-16-19(17-5-2,18-6-3)10-9-13-11(14)7-8-12(13)15/h4-10H2,1-3H3. The van der Waals surface area contributed by atoms with Gasteiger partial charge >= 0.3 is 8.80 Å². The summed E-state index contributed by atoms with van der Waals surface area (Å²) < 4.78 is 17.1. The highest BCUT2D eigenvalue weighted by Gasteiger charge is 2.42. The van der Waals surface area contributed by atoms with Gasteiger partial charge in [-0.3, -0.25) is 14.5 Å². The lowest BCUT2D eigenvalue weighted by Crippen LogP contribution is -2.48. The Kier molecular flexibility index (Phi) is 6.63. The predicted molar refractivity (Wildman–Crippen MR) is 71.4 cm³/mol. The molecule has 1 saturated heterocycles. The van der Waals surface area contributed by atoms with Crippen molar-refractivity contribution >= 4 is 20.6 Å². The molecule has 0 unspecified atom stereocenters. The first-order valence-corrected chi connectivity index (χ1v) is 8.76. The van der Waals surface area contributed by atoms with Crippen LogP contribution in [0.5, 0.6) is 0 Å². The molecule has 0 saturated carbocycles. The van der Waals surface area contributed by atoms with Crippen LogP contribution in [0.1, 0.15) is 33.6 Å². The second-order valence-electron chi connectivity index (χ2n) is 4.17. The van der Waals surface area contributed by atoms with Gasteiger partial charge in [0.25, 0.3) is 0 Å². The summed E-state index contributed by atoms with van der Waals surface area (Å²) in [6, 6.07) is 0.458. The molecule has 1 rings (SSSR count). The minimum atomic E-state index is -2.77. The van der Waals surface area contributed by atoms with E-state index in [1.165, 1.54) is 4.90 Å². The quantitative estimate of drug-likeness (QED) is 0.471. The van der Waals surface area contributed by atoms with E-state index >= 15 is 0 Å². The molecule has 0 aromatic rings. The number of hydrogen-bond donors (Lipinski definition) is 0. The second-order valence-corrected chi connectivity index (χ2v) is 6.90. The van der Waals surface area contributed by atoms with Crippen LogP contribution in [0, 0.1) is 0 Å². The number of nitrogens with zero attached hydrogens (tertiary/aromatic N) is 1. The fraction of sp³-hybridized carbons (Fsp3) is 0.833. The number of rotatable bonds is 9. The van der Waals surface area contributed by atoms with Crippen LogP contribution in [0.15, 0.2) is 0 Å². The van der Waals surface area contributed by atoms with Gasteiger partial charge in [0.05, 0.1) is 0 Å². The van der Waals surface area contributed by atoms with Gasteiger partial charge in [-0.15, -0.1) is 0 Å². The summed E-state index contributed by atoms with van der Waals surface area (Å²) in [4.78, 5) is 24.4. The molecular weight excluding hydrogens is 266 g/mol. The first-order chi connectivity index (χ1) is 9.08. The lowest BCUT2D eigenvalue weighted by molar-refractivity contribution is -0.138. The minimum absolute atomic E-state index is 0.114. The molecule has 110 valence electrons. The Hall–Kier alpha value is -0.763. The lowest BCUT2D eigenvalue weighted by Gasteiger charge is -2.29. The van der Waals surface area contributed by atoms with Gasteiger partial charge < -0.3 is 13.3 Å². The number of amides is 2. The molecule has 0 atom stereocenters. The number of hydrogen-bond acceptors (Lipinski definition) is 5. The smallest absolute Gasteiger partial charge is 0.374 e. The number of carbonyl (C=O) groups excluding carboxylic acids is 2. The summed E-state index contributed by atoms with van der Waals surface area (Å²) in [7, 11) is -2.77. The highest BCUT2D eigenvalue weighted by molar-refractivity contribution is 6.60. The summed E-state index contributed by atoms with van der Waals surface area (Å²) in [6.07, 6.45) is 0.622. The van der Waals surface area contributed by atoms with E-state index in [0.717, 1.165) is 0 Å². The average Bonchev–Trinajstić information content (AvgIpc) is 2.68. The zero-order chi connectivity index (χ0) is 14.3. The van der Waals surface area contributed by atoms with Crippen molar-refractivity contribution in [3.8, 4) is 0 Å². The Morgan fingerprint density at radius 1 is 0.947 bits per heavy atom. The van der Waals surface area contributed by atoms with Gasteiger partial charge in [-0.05, 0) is 20.8 Å². The Bertz CT molecular complexity index is 290. The van der Waals surface area contributed by atoms with Crippen molar-refractivity contribution in [2.75, 3.05) is 26.4 Å². The maximum absolute atomic E-state index is 11.6. The molecule has 0 bridgehead atoms. The van der Waals surface area contributed by atoms with Crippen LogP contribution >= 0.6 is 0 Å². The molecular formula is C12H23NO5Si. The van der Waals surface area contributed by atoms with E-state index in [-0.39, 0.29) is 11.8 Å². The van der Waals surface area contributed by atoms with Crippen LogP contribution in [0.2, 0.25) is 6.04 Å². The summed E-state index contributed by atoms with van der Waals surface area (Å²) >= 11 is 0. The highest BCUT2D eigenvalue weighted by Crippen LogP contribution is 2.19. The molecule has 6 nitrogen and oxygen atoms in total. The summed E-state index contributed by atoms with van der Waals surface area (Å²) in [6.45, 7) is 7.45. The van der Waals surface area contributed by atoms with Crippen LogP contribution in [-0.4, -0.2) is 51.9 Å². The molecule has 2 amide bonds. The van der Waals surface area contributed by atoms with Crippen LogP contribution in [-0.2, 0) is 22.9 Å².